The van der Waals surface area contributed by atoms with Crippen molar-refractivity contribution >= 4 is 17.4 Å². The van der Waals surface area contributed by atoms with Crippen LogP contribution in [0, 0.1) is 0 Å². The molecule has 0 saturated carbocycles. The lowest BCUT2D eigenvalue weighted by atomic mass is 10.1. The van der Waals surface area contributed by atoms with E-state index in [2.05, 4.69) is 5.16 Å². The normalized spacial score (nSPS) is 12.9. The summed E-state index contributed by atoms with van der Waals surface area (Å²) in [5.41, 5.74) is 4.56. The zero-order valence-electron chi connectivity index (χ0n) is 7.92. The van der Waals surface area contributed by atoms with Gasteiger partial charge in [-0.05, 0) is 23.8 Å². The van der Waals surface area contributed by atoms with Crippen molar-refractivity contribution in [2.75, 3.05) is 0 Å². The minimum atomic E-state index is -4.47. The number of nitrogens with two attached hydrogens (primary N) is 1. The molecule has 1 rings (SSSR count). The van der Waals surface area contributed by atoms with Crippen LogP contribution in [0.5, 0.6) is 0 Å². The van der Waals surface area contributed by atoms with E-state index in [-0.39, 0.29) is 22.8 Å². The molecule has 0 spiro atoms. The van der Waals surface area contributed by atoms with Crippen molar-refractivity contribution in [1.29, 1.82) is 0 Å². The van der Waals surface area contributed by atoms with Crippen molar-refractivity contribution in [3.63, 3.8) is 0 Å². The predicted molar refractivity (Wildman–Crippen MR) is 53.6 cm³/mol. The number of hydrogen-bond acceptors (Lipinski definition) is 2. The van der Waals surface area contributed by atoms with Crippen molar-refractivity contribution in [1.82, 2.24) is 0 Å². The van der Waals surface area contributed by atoms with Crippen LogP contribution in [0.1, 0.15) is 11.1 Å². The van der Waals surface area contributed by atoms with Crippen LogP contribution in [0.25, 0.3) is 0 Å². The number of halogens is 4. The molecule has 3 N–H and O–H groups in total. The first kappa shape index (κ1) is 12.6. The van der Waals surface area contributed by atoms with Crippen molar-refractivity contribution in [3.05, 3.63) is 34.3 Å². The van der Waals surface area contributed by atoms with Crippen LogP contribution in [0.2, 0.25) is 5.02 Å². The number of benzene rings is 1. The van der Waals surface area contributed by atoms with Crippen molar-refractivity contribution in [3.8, 4) is 0 Å². The van der Waals surface area contributed by atoms with Crippen LogP contribution >= 0.6 is 11.6 Å². The van der Waals surface area contributed by atoms with Crippen LogP contribution in [0.4, 0.5) is 13.2 Å². The average molecular weight is 253 g/mol. The van der Waals surface area contributed by atoms with Gasteiger partial charge < -0.3 is 10.9 Å². The number of nitrogens with zero attached hydrogens (tertiary/aromatic N) is 1. The van der Waals surface area contributed by atoms with Gasteiger partial charge in [-0.1, -0.05) is 16.8 Å². The van der Waals surface area contributed by atoms with E-state index >= 15 is 0 Å². The molecule has 0 atom stereocenters. The second-order valence-electron chi connectivity index (χ2n) is 3.11. The highest BCUT2D eigenvalue weighted by Gasteiger charge is 2.31. The Labute approximate surface area is 94.3 Å². The van der Waals surface area contributed by atoms with Crippen molar-refractivity contribution in [2.45, 2.75) is 12.6 Å². The third kappa shape index (κ3) is 3.30. The summed E-state index contributed by atoms with van der Waals surface area (Å²) in [5.74, 6) is -0.185. The first-order valence-electron chi connectivity index (χ1n) is 4.16. The maximum atomic E-state index is 12.4. The second kappa shape index (κ2) is 4.61. The summed E-state index contributed by atoms with van der Waals surface area (Å²) in [5, 5.41) is 10.9. The van der Waals surface area contributed by atoms with Gasteiger partial charge in [0.2, 0.25) is 0 Å². The van der Waals surface area contributed by atoms with Gasteiger partial charge in [0.25, 0.3) is 0 Å². The van der Waals surface area contributed by atoms with Crippen LogP contribution in [-0.2, 0) is 12.6 Å². The molecule has 0 saturated heterocycles. The fourth-order valence-corrected chi connectivity index (χ4v) is 1.42. The second-order valence-corrected chi connectivity index (χ2v) is 3.55. The zero-order valence-corrected chi connectivity index (χ0v) is 8.68. The van der Waals surface area contributed by atoms with Crippen molar-refractivity contribution < 1.29 is 18.4 Å². The smallest absolute Gasteiger partial charge is 0.409 e. The molecule has 0 fully saturated rings. The number of rotatable bonds is 2. The molecular formula is C9H8ClF3N2O. The molecule has 0 heterocycles. The Balaban J connectivity index is 3.09. The standard InChI is InChI=1S/C9H8ClF3N2O/c10-7-2-5(3-8(14)15-16)1-6(4-7)9(11,12)13/h1-2,4,16H,3H2,(H2,14,15). The Hall–Kier alpha value is -1.43. The average Bonchev–Trinajstić information content (AvgIpc) is 2.15. The maximum absolute atomic E-state index is 12.4. The quantitative estimate of drug-likeness (QED) is 0.368. The van der Waals surface area contributed by atoms with Crippen LogP contribution in [-0.4, -0.2) is 11.0 Å². The lowest BCUT2D eigenvalue weighted by Gasteiger charge is -2.09. The van der Waals surface area contributed by atoms with Crippen LogP contribution in [0.15, 0.2) is 23.4 Å². The fourth-order valence-electron chi connectivity index (χ4n) is 1.16. The minimum Gasteiger partial charge on any atom is -0.409 e. The highest BCUT2D eigenvalue weighted by Crippen LogP contribution is 2.31. The summed E-state index contributed by atoms with van der Waals surface area (Å²) < 4.78 is 37.2. The van der Waals surface area contributed by atoms with Gasteiger partial charge in [0, 0.05) is 11.4 Å². The van der Waals surface area contributed by atoms with E-state index < -0.39 is 11.7 Å². The summed E-state index contributed by atoms with van der Waals surface area (Å²) in [7, 11) is 0. The fraction of sp³-hybridized carbons (Fsp3) is 0.222. The Kier molecular flexibility index (Phi) is 3.64. The van der Waals surface area contributed by atoms with E-state index in [4.69, 9.17) is 22.5 Å². The Morgan fingerprint density at radius 1 is 1.38 bits per heavy atom. The van der Waals surface area contributed by atoms with E-state index in [1.807, 2.05) is 0 Å². The van der Waals surface area contributed by atoms with Crippen molar-refractivity contribution in [2.24, 2.45) is 10.9 Å². The van der Waals surface area contributed by atoms with Crippen LogP contribution < -0.4 is 5.73 Å². The van der Waals surface area contributed by atoms with E-state index in [9.17, 15) is 13.2 Å². The van der Waals surface area contributed by atoms with Gasteiger partial charge in [0.15, 0.2) is 0 Å². The monoisotopic (exact) mass is 252 g/mol. The molecule has 0 amide bonds. The van der Waals surface area contributed by atoms with Gasteiger partial charge in [-0.2, -0.15) is 13.2 Å². The largest absolute Gasteiger partial charge is 0.416 e. The molecule has 0 radical (unpaired) electrons. The molecular weight excluding hydrogens is 245 g/mol. The molecule has 0 bridgehead atoms. The van der Waals surface area contributed by atoms with Gasteiger partial charge in [-0.3, -0.25) is 0 Å². The highest BCUT2D eigenvalue weighted by molar-refractivity contribution is 6.30. The van der Waals surface area contributed by atoms with E-state index in [0.717, 1.165) is 12.1 Å². The molecule has 88 valence electrons. The minimum absolute atomic E-state index is 0.0458. The molecule has 0 aliphatic rings. The van der Waals surface area contributed by atoms with Gasteiger partial charge in [0.1, 0.15) is 5.84 Å². The number of oxime groups is 1. The SMILES string of the molecule is NC(Cc1cc(Cl)cc(C(F)(F)F)c1)=NO. The lowest BCUT2D eigenvalue weighted by molar-refractivity contribution is -0.137. The first-order chi connectivity index (χ1) is 7.32. The van der Waals surface area contributed by atoms with E-state index in [0.29, 0.717) is 0 Å². The molecule has 0 aliphatic heterocycles. The molecule has 1 aromatic carbocycles. The predicted octanol–water partition coefficient (Wildman–Crippen LogP) is 2.65. The summed E-state index contributed by atoms with van der Waals surface area (Å²) in [4.78, 5) is 0. The molecule has 16 heavy (non-hydrogen) atoms. The summed E-state index contributed by atoms with van der Waals surface area (Å²) in [6, 6.07) is 3.05. The highest BCUT2D eigenvalue weighted by atomic mass is 35.5. The summed E-state index contributed by atoms with van der Waals surface area (Å²) in [6.45, 7) is 0. The molecule has 3 nitrogen and oxygen atoms in total. The summed E-state index contributed by atoms with van der Waals surface area (Å²) in [6.07, 6.45) is -4.56. The molecule has 7 heteroatoms. The topological polar surface area (TPSA) is 58.6 Å². The number of amidine groups is 1. The van der Waals surface area contributed by atoms with Gasteiger partial charge in [-0.15, -0.1) is 0 Å². The van der Waals surface area contributed by atoms with Crippen LogP contribution in [0.3, 0.4) is 0 Å². The van der Waals surface area contributed by atoms with Gasteiger partial charge in [-0.25, -0.2) is 0 Å². The lowest BCUT2D eigenvalue weighted by Crippen LogP contribution is -2.15. The first-order valence-corrected chi connectivity index (χ1v) is 4.54. The summed E-state index contributed by atoms with van der Waals surface area (Å²) >= 11 is 5.54. The Morgan fingerprint density at radius 2 is 2.00 bits per heavy atom. The third-order valence-corrected chi connectivity index (χ3v) is 2.02. The van der Waals surface area contributed by atoms with E-state index in [1.165, 1.54) is 6.07 Å². The maximum Gasteiger partial charge on any atom is 0.416 e. The Morgan fingerprint density at radius 3 is 2.50 bits per heavy atom. The molecule has 0 aliphatic carbocycles. The molecule has 0 unspecified atom stereocenters. The van der Waals surface area contributed by atoms with E-state index in [1.54, 1.807) is 0 Å². The number of alkyl halides is 3. The molecule has 1 aromatic rings. The number of hydrogen-bond donors (Lipinski definition) is 2. The zero-order chi connectivity index (χ0) is 12.3. The Bertz CT molecular complexity index is 418. The van der Waals surface area contributed by atoms with Gasteiger partial charge in [0.05, 0.1) is 5.56 Å². The third-order valence-electron chi connectivity index (χ3n) is 1.80. The van der Waals surface area contributed by atoms with Gasteiger partial charge >= 0.3 is 6.18 Å². The molecule has 0 aromatic heterocycles.